The van der Waals surface area contributed by atoms with Gasteiger partial charge in [-0.3, -0.25) is 0 Å². The van der Waals surface area contributed by atoms with Crippen molar-refractivity contribution < 1.29 is 74.1 Å². The molecule has 5 aliphatic heterocycles. The summed E-state index contributed by atoms with van der Waals surface area (Å²) in [4.78, 5) is 10.8. The molecular formula is C36H72O15. The highest BCUT2D eigenvalue weighted by Crippen LogP contribution is 2.39. The molecule has 306 valence electrons. The van der Waals surface area contributed by atoms with Gasteiger partial charge in [0.15, 0.2) is 5.60 Å². The molecule has 7 aliphatic rings. The smallest absolute Gasteiger partial charge is 0.340 e. The van der Waals surface area contributed by atoms with Crippen LogP contribution in [0.3, 0.4) is 0 Å². The Morgan fingerprint density at radius 1 is 0.804 bits per heavy atom. The van der Waals surface area contributed by atoms with Crippen molar-refractivity contribution in [3.05, 3.63) is 0 Å². The van der Waals surface area contributed by atoms with Gasteiger partial charge >= 0.3 is 5.97 Å². The summed E-state index contributed by atoms with van der Waals surface area (Å²) in [6, 6.07) is 0. The van der Waals surface area contributed by atoms with Gasteiger partial charge < -0.3 is 69.3 Å². The fourth-order valence-corrected chi connectivity index (χ4v) is 4.62. The Balaban J connectivity index is 0.000000588. The van der Waals surface area contributed by atoms with Crippen molar-refractivity contribution in [2.75, 3.05) is 79.3 Å². The lowest BCUT2D eigenvalue weighted by molar-refractivity contribution is -0.150. The second-order valence-electron chi connectivity index (χ2n) is 14.7. The van der Waals surface area contributed by atoms with E-state index in [1.807, 2.05) is 6.92 Å². The maximum Gasteiger partial charge on any atom is 0.340 e. The van der Waals surface area contributed by atoms with Crippen LogP contribution >= 0.6 is 0 Å². The fourth-order valence-electron chi connectivity index (χ4n) is 4.62. The normalized spacial score (nSPS) is 32.2. The number of epoxide rings is 2. The molecule has 2 saturated carbocycles. The minimum atomic E-state index is -0.713. The highest BCUT2D eigenvalue weighted by molar-refractivity contribution is 5.81. The Hall–Kier alpha value is -1.05. The van der Waals surface area contributed by atoms with Gasteiger partial charge in [0.25, 0.3) is 0 Å². The summed E-state index contributed by atoms with van der Waals surface area (Å²) in [5.41, 5.74) is -0.255. The summed E-state index contributed by atoms with van der Waals surface area (Å²) in [5.74, 6) is 0.306. The Morgan fingerprint density at radius 3 is 1.53 bits per heavy atom. The fraction of sp³-hybridized carbons (Fsp3) is 0.972. The second-order valence-corrected chi connectivity index (χ2v) is 14.7. The van der Waals surface area contributed by atoms with Gasteiger partial charge in [-0.05, 0) is 50.4 Å². The number of hydrogen-bond donors (Lipinski definition) is 8. The number of esters is 1. The van der Waals surface area contributed by atoms with E-state index in [-0.39, 0.29) is 71.5 Å². The molecule has 0 aromatic carbocycles. The van der Waals surface area contributed by atoms with E-state index in [0.717, 1.165) is 39.1 Å². The molecule has 0 aromatic heterocycles. The molecule has 0 aromatic rings. The first-order chi connectivity index (χ1) is 23.2. The minimum Gasteiger partial charge on any atom is -0.461 e. The van der Waals surface area contributed by atoms with Gasteiger partial charge in [-0.25, -0.2) is 4.79 Å². The highest BCUT2D eigenvalue weighted by Gasteiger charge is 2.49. The van der Waals surface area contributed by atoms with E-state index in [2.05, 4.69) is 23.3 Å². The molecule has 2 aliphatic carbocycles. The summed E-state index contributed by atoms with van der Waals surface area (Å²) in [6.07, 6.45) is 4.17. The first-order valence-electron chi connectivity index (χ1n) is 17.6. The van der Waals surface area contributed by atoms with Crippen LogP contribution in [-0.4, -0.2) is 168 Å². The van der Waals surface area contributed by atoms with Crippen LogP contribution in [0.25, 0.3) is 0 Å². The summed E-state index contributed by atoms with van der Waals surface area (Å²) in [5, 5.41) is 70.4. The van der Waals surface area contributed by atoms with Crippen molar-refractivity contribution in [2.24, 2.45) is 22.7 Å². The highest BCUT2D eigenvalue weighted by atomic mass is 16.6. The van der Waals surface area contributed by atoms with Crippen LogP contribution in [0.4, 0.5) is 0 Å². The number of ether oxygens (including phenoxy) is 6. The number of carbonyl (C=O) groups is 1. The van der Waals surface area contributed by atoms with Crippen LogP contribution in [-0.2, 0) is 33.2 Å². The van der Waals surface area contributed by atoms with E-state index in [1.54, 1.807) is 6.92 Å². The Bertz CT molecular complexity index is 834. The van der Waals surface area contributed by atoms with Gasteiger partial charge in [-0.1, -0.05) is 42.0 Å². The molecule has 51 heavy (non-hydrogen) atoms. The summed E-state index contributed by atoms with van der Waals surface area (Å²) in [6.45, 7) is 12.8. The lowest BCUT2D eigenvalue weighted by atomic mass is 9.71. The van der Waals surface area contributed by atoms with Gasteiger partial charge in [-0.15, -0.1) is 0 Å². The monoisotopic (exact) mass is 744 g/mol. The molecule has 0 bridgehead atoms. The summed E-state index contributed by atoms with van der Waals surface area (Å²) in [7, 11) is 0. The SMILES string of the molecule is C.C.CC1(C(=O)OCCO)CO1.CC1(CO)CCC1.CCC1(CO)COC1.C[C@H]1COC[C@@H]1O.OC(C1CC1)C(O)C1CO1.O[C@@H]1COC[C@@H]1O. The third-order valence-electron chi connectivity index (χ3n) is 9.72. The molecule has 0 radical (unpaired) electrons. The molecule has 5 saturated heterocycles. The molecule has 4 unspecified atom stereocenters. The molecule has 8 N–H and O–H groups in total. The number of aliphatic hydroxyl groups excluding tert-OH is 8. The minimum absolute atomic E-state index is 0. The molecule has 7 fully saturated rings. The van der Waals surface area contributed by atoms with E-state index in [1.165, 1.54) is 19.3 Å². The van der Waals surface area contributed by atoms with Crippen molar-refractivity contribution in [3.63, 3.8) is 0 Å². The van der Waals surface area contributed by atoms with Gasteiger partial charge in [0, 0.05) is 17.9 Å². The number of rotatable bonds is 9. The topological polar surface area (TPSA) is 241 Å². The lowest BCUT2D eigenvalue weighted by Crippen LogP contribution is -2.44. The third kappa shape index (κ3) is 18.2. The van der Waals surface area contributed by atoms with E-state index >= 15 is 0 Å². The zero-order valence-corrected chi connectivity index (χ0v) is 29.8. The standard InChI is InChI=1S/C7H12O3.C6H10O4.C6H12O2.C6H12O.C5H10O2.C4H8O3.2CH4/c8-6(4-1-2-4)7(9)5-3-10-5;1-6(4-10-6)5(8)9-3-2-7;1-2-6(3-7)4-8-5-6;1-6(5-7)3-2-4-6;1-4-2-7-3-5(4)6;5-3-1-7-2-4(3)6;;/h4-9H,1-3H2;7H,2-4H2,1H3;7H,2-5H2,1H3;7H,2-5H2,1H3;4-6H,2-3H2,1H3;3-6H,1-2H2;2*1H4/t;;;;4-,5-;3-,4+;;/m....0.../s1. The van der Waals surface area contributed by atoms with Crippen LogP contribution < -0.4 is 0 Å². The lowest BCUT2D eigenvalue weighted by Gasteiger charge is -2.38. The van der Waals surface area contributed by atoms with Crippen LogP contribution in [0, 0.1) is 22.7 Å². The maximum atomic E-state index is 10.8. The zero-order chi connectivity index (χ0) is 36.7. The maximum absolute atomic E-state index is 10.8. The van der Waals surface area contributed by atoms with Gasteiger partial charge in [0.2, 0.25) is 0 Å². The quantitative estimate of drug-likeness (QED) is 0.118. The van der Waals surface area contributed by atoms with E-state index in [0.29, 0.717) is 43.7 Å². The molecule has 15 heteroatoms. The van der Waals surface area contributed by atoms with Crippen LogP contribution in [0.5, 0.6) is 0 Å². The van der Waals surface area contributed by atoms with E-state index < -0.39 is 30.0 Å². The van der Waals surface area contributed by atoms with Gasteiger partial charge in [-0.2, -0.15) is 0 Å². The first kappa shape index (κ1) is 49.9. The second kappa shape index (κ2) is 24.4. The summed E-state index contributed by atoms with van der Waals surface area (Å²) < 4.78 is 28.8. The predicted octanol–water partition coefficient (Wildman–Crippen LogP) is 0.426. The largest absolute Gasteiger partial charge is 0.461 e. The average molecular weight is 745 g/mol. The van der Waals surface area contributed by atoms with Crippen molar-refractivity contribution >= 4 is 5.97 Å². The predicted molar refractivity (Wildman–Crippen MR) is 189 cm³/mol. The van der Waals surface area contributed by atoms with E-state index in [4.69, 9.17) is 49.6 Å². The molecule has 15 nitrogen and oxygen atoms in total. The molecule has 0 amide bonds. The third-order valence-corrected chi connectivity index (χ3v) is 9.72. The van der Waals surface area contributed by atoms with E-state index in [9.17, 15) is 15.0 Å². The van der Waals surface area contributed by atoms with Crippen LogP contribution in [0.2, 0.25) is 0 Å². The zero-order valence-electron chi connectivity index (χ0n) is 29.8. The molecule has 5 heterocycles. The average Bonchev–Trinajstić information content (AvgIpc) is 3.97. The Morgan fingerprint density at radius 2 is 1.33 bits per heavy atom. The molecule has 8 atom stereocenters. The van der Waals surface area contributed by atoms with Crippen LogP contribution in [0.15, 0.2) is 0 Å². The van der Waals surface area contributed by atoms with Crippen molar-refractivity contribution in [2.45, 2.75) is 123 Å². The summed E-state index contributed by atoms with van der Waals surface area (Å²) >= 11 is 0. The Labute approximate surface area is 305 Å². The van der Waals surface area contributed by atoms with Gasteiger partial charge in [0.05, 0.1) is 78.3 Å². The molecular weight excluding hydrogens is 672 g/mol. The Kier molecular flexibility index (Phi) is 23.9. The van der Waals surface area contributed by atoms with Gasteiger partial charge in [0.1, 0.15) is 31.0 Å². The van der Waals surface area contributed by atoms with Crippen molar-refractivity contribution in [1.82, 2.24) is 0 Å². The molecule has 0 spiro atoms. The first-order valence-corrected chi connectivity index (χ1v) is 17.6. The number of aliphatic hydroxyl groups is 8. The van der Waals surface area contributed by atoms with Crippen molar-refractivity contribution in [1.29, 1.82) is 0 Å². The number of carbonyl (C=O) groups excluding carboxylic acids is 1. The van der Waals surface area contributed by atoms with Crippen LogP contribution in [0.1, 0.15) is 81.1 Å². The number of hydrogen-bond acceptors (Lipinski definition) is 15. The molecule has 7 rings (SSSR count). The van der Waals surface area contributed by atoms with Crippen molar-refractivity contribution in [3.8, 4) is 0 Å².